The number of cyclic esters (lactones) is 1. The molecule has 2 rings (SSSR count). The van der Waals surface area contributed by atoms with Crippen molar-refractivity contribution in [1.82, 2.24) is 0 Å². The van der Waals surface area contributed by atoms with E-state index in [0.29, 0.717) is 5.92 Å². The maximum Gasteiger partial charge on any atom is 0.312 e. The second kappa shape index (κ2) is 3.75. The zero-order valence-corrected chi connectivity index (χ0v) is 11.0. The lowest BCUT2D eigenvalue weighted by atomic mass is 9.64. The third-order valence-electron chi connectivity index (χ3n) is 4.38. The third kappa shape index (κ3) is 1.87. The number of hydrogen-bond acceptors (Lipinski definition) is 2. The summed E-state index contributed by atoms with van der Waals surface area (Å²) in [4.78, 5) is 11.9. The normalized spacial score (nSPS) is 28.3. The topological polar surface area (TPSA) is 26.3 Å². The lowest BCUT2D eigenvalue weighted by Gasteiger charge is -2.35. The van der Waals surface area contributed by atoms with Crippen LogP contribution in [-0.2, 0) is 9.53 Å². The molecule has 0 bridgehead atoms. The largest absolute Gasteiger partial charge is 0.461 e. The van der Waals surface area contributed by atoms with Crippen LogP contribution in [0.1, 0.15) is 59.8 Å². The first-order valence-electron chi connectivity index (χ1n) is 6.57. The van der Waals surface area contributed by atoms with E-state index in [-0.39, 0.29) is 22.9 Å². The van der Waals surface area contributed by atoms with Crippen LogP contribution >= 0.6 is 0 Å². The molecule has 16 heavy (non-hydrogen) atoms. The highest BCUT2D eigenvalue weighted by atomic mass is 16.6. The van der Waals surface area contributed by atoms with Crippen LogP contribution in [0.3, 0.4) is 0 Å². The molecule has 1 spiro atoms. The van der Waals surface area contributed by atoms with E-state index < -0.39 is 0 Å². The third-order valence-corrected chi connectivity index (χ3v) is 4.38. The molecule has 0 radical (unpaired) electrons. The van der Waals surface area contributed by atoms with Crippen molar-refractivity contribution in [2.24, 2.45) is 16.7 Å². The van der Waals surface area contributed by atoms with Crippen molar-refractivity contribution in [2.45, 2.75) is 65.9 Å². The molecule has 2 heteroatoms. The average Bonchev–Trinajstić information content (AvgIpc) is 2.40. The van der Waals surface area contributed by atoms with E-state index in [4.69, 9.17) is 4.74 Å². The number of rotatable bonds is 3. The summed E-state index contributed by atoms with van der Waals surface area (Å²) < 4.78 is 5.65. The van der Waals surface area contributed by atoms with Gasteiger partial charge < -0.3 is 4.74 Å². The molecule has 2 aliphatic rings. The highest BCUT2D eigenvalue weighted by Gasteiger charge is 2.55. The molecule has 1 saturated heterocycles. The monoisotopic (exact) mass is 224 g/mol. The van der Waals surface area contributed by atoms with Crippen LogP contribution in [0.25, 0.3) is 0 Å². The van der Waals surface area contributed by atoms with Gasteiger partial charge in [0, 0.05) is 11.8 Å². The fraction of sp³-hybridized carbons (Fsp3) is 0.929. The summed E-state index contributed by atoms with van der Waals surface area (Å²) in [6.07, 6.45) is 5.54. The molecule has 1 atom stereocenters. The van der Waals surface area contributed by atoms with Gasteiger partial charge in [-0.15, -0.1) is 0 Å². The van der Waals surface area contributed by atoms with E-state index in [1.165, 1.54) is 6.42 Å². The molecular weight excluding hydrogens is 200 g/mol. The molecule has 0 aromatic carbocycles. The standard InChI is InChI=1S/C14H24O2/c1-10(2)8-13(3,4)11-9-14(6-5-7-14)12(15)16-11/h10-11H,5-9H2,1-4H3. The van der Waals surface area contributed by atoms with E-state index in [1.54, 1.807) is 0 Å². The van der Waals surface area contributed by atoms with Crippen molar-refractivity contribution >= 4 is 5.97 Å². The van der Waals surface area contributed by atoms with Gasteiger partial charge in [-0.3, -0.25) is 4.79 Å². The summed E-state index contributed by atoms with van der Waals surface area (Å²) in [5.41, 5.74) is 0.0574. The second-order valence-corrected chi connectivity index (χ2v) is 6.82. The summed E-state index contributed by atoms with van der Waals surface area (Å²) >= 11 is 0. The van der Waals surface area contributed by atoms with Gasteiger partial charge in [-0.2, -0.15) is 0 Å². The van der Waals surface area contributed by atoms with Gasteiger partial charge in [0.15, 0.2) is 0 Å². The van der Waals surface area contributed by atoms with Crippen LogP contribution in [-0.4, -0.2) is 12.1 Å². The Morgan fingerprint density at radius 1 is 1.44 bits per heavy atom. The molecular formula is C14H24O2. The number of esters is 1. The number of carbonyl (C=O) groups excluding carboxylic acids is 1. The maximum atomic E-state index is 11.9. The van der Waals surface area contributed by atoms with Crippen LogP contribution in [0.2, 0.25) is 0 Å². The first-order valence-corrected chi connectivity index (χ1v) is 6.57. The summed E-state index contributed by atoms with van der Waals surface area (Å²) in [6.45, 7) is 8.94. The molecule has 1 aliphatic carbocycles. The van der Waals surface area contributed by atoms with Crippen molar-refractivity contribution in [1.29, 1.82) is 0 Å². The Kier molecular flexibility index (Phi) is 2.80. The molecule has 2 nitrogen and oxygen atoms in total. The van der Waals surface area contributed by atoms with Gasteiger partial charge in [-0.05, 0) is 25.2 Å². The van der Waals surface area contributed by atoms with Gasteiger partial charge >= 0.3 is 5.97 Å². The summed E-state index contributed by atoms with van der Waals surface area (Å²) in [5, 5.41) is 0. The molecule has 0 aromatic rings. The second-order valence-electron chi connectivity index (χ2n) is 6.82. The minimum atomic E-state index is -0.0705. The Morgan fingerprint density at radius 2 is 2.06 bits per heavy atom. The lowest BCUT2D eigenvalue weighted by molar-refractivity contribution is -0.155. The van der Waals surface area contributed by atoms with Crippen molar-refractivity contribution in [3.63, 3.8) is 0 Å². The van der Waals surface area contributed by atoms with Gasteiger partial charge in [0.1, 0.15) is 6.10 Å². The SMILES string of the molecule is CC(C)CC(C)(C)C1CC2(CCC2)C(=O)O1. The van der Waals surface area contributed by atoms with E-state index in [9.17, 15) is 4.79 Å². The summed E-state index contributed by atoms with van der Waals surface area (Å²) in [7, 11) is 0. The maximum absolute atomic E-state index is 11.9. The zero-order chi connectivity index (χ0) is 12.0. The summed E-state index contributed by atoms with van der Waals surface area (Å²) in [5.74, 6) is 0.743. The van der Waals surface area contributed by atoms with Crippen molar-refractivity contribution in [3.8, 4) is 0 Å². The van der Waals surface area contributed by atoms with Crippen LogP contribution in [0.15, 0.2) is 0 Å². The number of hydrogen-bond donors (Lipinski definition) is 0. The Balaban J connectivity index is 2.04. The fourth-order valence-electron chi connectivity index (χ4n) is 3.37. The molecule has 1 heterocycles. The van der Waals surface area contributed by atoms with Gasteiger partial charge in [0.25, 0.3) is 0 Å². The summed E-state index contributed by atoms with van der Waals surface area (Å²) in [6, 6.07) is 0. The van der Waals surface area contributed by atoms with Gasteiger partial charge in [0.05, 0.1) is 5.41 Å². The van der Waals surface area contributed by atoms with E-state index >= 15 is 0 Å². The van der Waals surface area contributed by atoms with Gasteiger partial charge in [-0.25, -0.2) is 0 Å². The number of ether oxygens (including phenoxy) is 1. The van der Waals surface area contributed by atoms with E-state index in [1.807, 2.05) is 0 Å². The molecule has 1 unspecified atom stereocenters. The van der Waals surface area contributed by atoms with Crippen LogP contribution in [0, 0.1) is 16.7 Å². The molecule has 2 fully saturated rings. The Bertz CT molecular complexity index is 287. The highest BCUT2D eigenvalue weighted by Crippen LogP contribution is 2.53. The first kappa shape index (κ1) is 11.9. The van der Waals surface area contributed by atoms with Crippen molar-refractivity contribution < 1.29 is 9.53 Å². The molecule has 1 aliphatic heterocycles. The molecule has 0 amide bonds. The van der Waals surface area contributed by atoms with Crippen LogP contribution in [0.5, 0.6) is 0 Å². The zero-order valence-electron chi connectivity index (χ0n) is 11.0. The lowest BCUT2D eigenvalue weighted by Crippen LogP contribution is -2.35. The Labute approximate surface area is 98.7 Å². The van der Waals surface area contributed by atoms with E-state index in [0.717, 1.165) is 25.7 Å². The van der Waals surface area contributed by atoms with Gasteiger partial charge in [-0.1, -0.05) is 34.1 Å². The van der Waals surface area contributed by atoms with Crippen LogP contribution in [0.4, 0.5) is 0 Å². The Morgan fingerprint density at radius 3 is 2.44 bits per heavy atom. The predicted molar refractivity (Wildman–Crippen MR) is 64.0 cm³/mol. The molecule has 0 N–H and O–H groups in total. The highest BCUT2D eigenvalue weighted by molar-refractivity contribution is 5.80. The molecule has 92 valence electrons. The van der Waals surface area contributed by atoms with Crippen molar-refractivity contribution in [3.05, 3.63) is 0 Å². The molecule has 1 saturated carbocycles. The van der Waals surface area contributed by atoms with E-state index in [2.05, 4.69) is 27.7 Å². The first-order chi connectivity index (χ1) is 7.36. The van der Waals surface area contributed by atoms with Gasteiger partial charge in [0.2, 0.25) is 0 Å². The number of carbonyl (C=O) groups is 1. The van der Waals surface area contributed by atoms with Crippen molar-refractivity contribution in [2.75, 3.05) is 0 Å². The average molecular weight is 224 g/mol. The minimum absolute atomic E-state index is 0.0705. The molecule has 0 aromatic heterocycles. The fourth-order valence-corrected chi connectivity index (χ4v) is 3.37. The minimum Gasteiger partial charge on any atom is -0.461 e. The quantitative estimate of drug-likeness (QED) is 0.685. The Hall–Kier alpha value is -0.530. The smallest absolute Gasteiger partial charge is 0.312 e. The van der Waals surface area contributed by atoms with Crippen LogP contribution < -0.4 is 0 Å². The predicted octanol–water partition coefficient (Wildman–Crippen LogP) is 3.54.